The Balaban J connectivity index is 1.59. The second-order valence-electron chi connectivity index (χ2n) is 9.35. The average molecular weight is 460 g/mol. The SMILES string of the molecule is CC(C)NC(=O)N1CCN(c2nn3c(NC(C)(C)C)c(-c4ccc(F)cc4)nc3s2)CC1. The van der Waals surface area contributed by atoms with Crippen molar-refractivity contribution in [3.8, 4) is 11.3 Å². The van der Waals surface area contributed by atoms with Crippen molar-refractivity contribution in [2.45, 2.75) is 46.2 Å². The Labute approximate surface area is 191 Å². The molecule has 4 rings (SSSR count). The molecule has 0 unspecified atom stereocenters. The zero-order valence-corrected chi connectivity index (χ0v) is 20.0. The third-order valence-electron chi connectivity index (χ3n) is 5.05. The van der Waals surface area contributed by atoms with Crippen LogP contribution in [-0.2, 0) is 0 Å². The highest BCUT2D eigenvalue weighted by atomic mass is 32.1. The normalized spacial score (nSPS) is 15.0. The van der Waals surface area contributed by atoms with E-state index in [4.69, 9.17) is 10.1 Å². The number of imidazole rings is 1. The molecular weight excluding hydrogens is 429 g/mol. The summed E-state index contributed by atoms with van der Waals surface area (Å²) in [7, 11) is 0. The van der Waals surface area contributed by atoms with Crippen molar-refractivity contribution in [3.63, 3.8) is 0 Å². The van der Waals surface area contributed by atoms with Gasteiger partial charge in [-0.25, -0.2) is 14.2 Å². The number of halogens is 1. The van der Waals surface area contributed by atoms with Gasteiger partial charge in [-0.1, -0.05) is 11.3 Å². The fourth-order valence-corrected chi connectivity index (χ4v) is 4.53. The molecule has 172 valence electrons. The number of benzene rings is 1. The van der Waals surface area contributed by atoms with Crippen LogP contribution in [0.3, 0.4) is 0 Å². The van der Waals surface area contributed by atoms with Crippen LogP contribution in [0.1, 0.15) is 34.6 Å². The molecule has 1 aliphatic heterocycles. The number of piperazine rings is 1. The molecular formula is C22H30FN7OS. The van der Waals surface area contributed by atoms with E-state index in [9.17, 15) is 9.18 Å². The minimum Gasteiger partial charge on any atom is -0.364 e. The quantitative estimate of drug-likeness (QED) is 0.616. The summed E-state index contributed by atoms with van der Waals surface area (Å²) in [5, 5.41) is 12.2. The van der Waals surface area contributed by atoms with E-state index in [2.05, 4.69) is 36.3 Å². The number of carbonyl (C=O) groups excluding carboxylic acids is 1. The van der Waals surface area contributed by atoms with Gasteiger partial charge in [-0.3, -0.25) is 0 Å². The molecule has 0 aliphatic carbocycles. The van der Waals surface area contributed by atoms with E-state index < -0.39 is 0 Å². The van der Waals surface area contributed by atoms with Gasteiger partial charge in [0.1, 0.15) is 11.5 Å². The first kappa shape index (κ1) is 22.3. The Morgan fingerprint density at radius 1 is 1.12 bits per heavy atom. The Morgan fingerprint density at radius 3 is 2.38 bits per heavy atom. The van der Waals surface area contributed by atoms with Crippen molar-refractivity contribution in [1.82, 2.24) is 24.8 Å². The number of anilines is 2. The third-order valence-corrected chi connectivity index (χ3v) is 6.02. The molecule has 0 radical (unpaired) electrons. The van der Waals surface area contributed by atoms with E-state index in [1.54, 1.807) is 12.1 Å². The Kier molecular flexibility index (Phi) is 5.98. The fraction of sp³-hybridized carbons (Fsp3) is 0.500. The number of nitrogens with one attached hydrogen (secondary N) is 2. The van der Waals surface area contributed by atoms with Crippen LogP contribution in [0.25, 0.3) is 16.2 Å². The van der Waals surface area contributed by atoms with Gasteiger partial charge >= 0.3 is 6.03 Å². The van der Waals surface area contributed by atoms with Crippen molar-refractivity contribution < 1.29 is 9.18 Å². The number of fused-ring (bicyclic) bond motifs is 1. The first-order valence-corrected chi connectivity index (χ1v) is 11.7. The van der Waals surface area contributed by atoms with Crippen LogP contribution in [0, 0.1) is 5.82 Å². The Morgan fingerprint density at radius 2 is 1.78 bits per heavy atom. The molecule has 0 bridgehead atoms. The number of hydrogen-bond acceptors (Lipinski definition) is 6. The van der Waals surface area contributed by atoms with Gasteiger partial charge < -0.3 is 20.4 Å². The minimum absolute atomic E-state index is 0.0193. The highest BCUT2D eigenvalue weighted by Crippen LogP contribution is 2.35. The zero-order valence-electron chi connectivity index (χ0n) is 19.1. The second kappa shape index (κ2) is 8.57. The molecule has 3 aromatic rings. The van der Waals surface area contributed by atoms with Gasteiger partial charge in [0.2, 0.25) is 10.1 Å². The lowest BCUT2D eigenvalue weighted by Gasteiger charge is -2.34. The van der Waals surface area contributed by atoms with E-state index in [-0.39, 0.29) is 23.4 Å². The van der Waals surface area contributed by atoms with Crippen LogP contribution in [-0.4, -0.2) is 63.3 Å². The molecule has 2 aromatic heterocycles. The number of amides is 2. The molecule has 3 heterocycles. The lowest BCUT2D eigenvalue weighted by Crippen LogP contribution is -2.52. The average Bonchev–Trinajstić information content (AvgIpc) is 3.27. The molecule has 0 atom stereocenters. The molecule has 32 heavy (non-hydrogen) atoms. The zero-order chi connectivity index (χ0) is 23.0. The second-order valence-corrected chi connectivity index (χ2v) is 10.3. The van der Waals surface area contributed by atoms with Crippen LogP contribution in [0.5, 0.6) is 0 Å². The van der Waals surface area contributed by atoms with E-state index >= 15 is 0 Å². The van der Waals surface area contributed by atoms with Crippen molar-refractivity contribution in [3.05, 3.63) is 30.1 Å². The minimum atomic E-state index is -0.276. The summed E-state index contributed by atoms with van der Waals surface area (Å²) in [5.74, 6) is 0.512. The van der Waals surface area contributed by atoms with Gasteiger partial charge in [0, 0.05) is 43.3 Å². The van der Waals surface area contributed by atoms with E-state index in [1.807, 2.05) is 23.3 Å². The molecule has 1 aromatic carbocycles. The van der Waals surface area contributed by atoms with E-state index in [1.165, 1.54) is 23.5 Å². The number of aromatic nitrogens is 3. The van der Waals surface area contributed by atoms with Crippen LogP contribution in [0.2, 0.25) is 0 Å². The van der Waals surface area contributed by atoms with Crippen LogP contribution < -0.4 is 15.5 Å². The topological polar surface area (TPSA) is 77.8 Å². The summed E-state index contributed by atoms with van der Waals surface area (Å²) in [5.41, 5.74) is 1.38. The molecule has 2 N–H and O–H groups in total. The monoisotopic (exact) mass is 459 g/mol. The highest BCUT2D eigenvalue weighted by Gasteiger charge is 2.26. The highest BCUT2D eigenvalue weighted by molar-refractivity contribution is 7.20. The maximum atomic E-state index is 13.4. The molecule has 2 amide bonds. The Bertz CT molecular complexity index is 1090. The molecule has 1 fully saturated rings. The van der Waals surface area contributed by atoms with E-state index in [0.717, 1.165) is 40.3 Å². The number of urea groups is 1. The van der Waals surface area contributed by atoms with Gasteiger partial charge in [-0.15, -0.1) is 5.10 Å². The summed E-state index contributed by atoms with van der Waals surface area (Å²) in [4.78, 5) is 21.9. The van der Waals surface area contributed by atoms with Gasteiger partial charge in [-0.2, -0.15) is 4.52 Å². The maximum Gasteiger partial charge on any atom is 0.317 e. The molecule has 8 nitrogen and oxygen atoms in total. The van der Waals surface area contributed by atoms with Crippen LogP contribution in [0.4, 0.5) is 20.1 Å². The molecule has 0 spiro atoms. The molecule has 10 heteroatoms. The summed E-state index contributed by atoms with van der Waals surface area (Å²) in [6.45, 7) is 12.9. The number of nitrogens with zero attached hydrogens (tertiary/aromatic N) is 5. The molecule has 1 aliphatic rings. The predicted octanol–water partition coefficient (Wildman–Crippen LogP) is 4.05. The Hall–Kier alpha value is -2.88. The molecule has 1 saturated heterocycles. The van der Waals surface area contributed by atoms with Crippen LogP contribution >= 0.6 is 11.3 Å². The summed E-state index contributed by atoms with van der Waals surface area (Å²) in [6.07, 6.45) is 0. The molecule has 0 saturated carbocycles. The van der Waals surface area contributed by atoms with Gasteiger partial charge in [0.05, 0.1) is 0 Å². The lowest BCUT2D eigenvalue weighted by atomic mass is 10.1. The van der Waals surface area contributed by atoms with Gasteiger partial charge in [-0.05, 0) is 58.9 Å². The predicted molar refractivity (Wildman–Crippen MR) is 127 cm³/mol. The maximum absolute atomic E-state index is 13.4. The standard InChI is InChI=1S/C22H30FN7OS/c1-14(2)24-19(31)28-10-12-29(13-11-28)21-27-30-18(26-22(3,4)5)17(25-20(30)32-21)15-6-8-16(23)9-7-15/h6-9,14,26H,10-13H2,1-5H3,(H,24,31). The van der Waals surface area contributed by atoms with Crippen molar-refractivity contribution >= 4 is 33.3 Å². The number of carbonyl (C=O) groups is 1. The largest absolute Gasteiger partial charge is 0.364 e. The summed E-state index contributed by atoms with van der Waals surface area (Å²) >= 11 is 1.52. The third kappa shape index (κ3) is 4.79. The van der Waals surface area contributed by atoms with E-state index in [0.29, 0.717) is 13.1 Å². The first-order valence-electron chi connectivity index (χ1n) is 10.8. The fourth-order valence-electron chi connectivity index (χ4n) is 3.58. The summed E-state index contributed by atoms with van der Waals surface area (Å²) < 4.78 is 15.3. The van der Waals surface area contributed by atoms with Crippen molar-refractivity contribution in [2.24, 2.45) is 0 Å². The van der Waals surface area contributed by atoms with Crippen molar-refractivity contribution in [2.75, 3.05) is 36.4 Å². The van der Waals surface area contributed by atoms with Gasteiger partial charge in [0.25, 0.3) is 0 Å². The summed E-state index contributed by atoms with van der Waals surface area (Å²) in [6, 6.07) is 6.45. The number of hydrogen-bond donors (Lipinski definition) is 2. The smallest absolute Gasteiger partial charge is 0.317 e. The first-order chi connectivity index (χ1) is 15.1. The van der Waals surface area contributed by atoms with Gasteiger partial charge in [0.15, 0.2) is 5.82 Å². The number of rotatable bonds is 4. The van der Waals surface area contributed by atoms with Crippen molar-refractivity contribution in [1.29, 1.82) is 0 Å². The van der Waals surface area contributed by atoms with Crippen LogP contribution in [0.15, 0.2) is 24.3 Å². The lowest BCUT2D eigenvalue weighted by molar-refractivity contribution is 0.192.